The van der Waals surface area contributed by atoms with Gasteiger partial charge in [0.15, 0.2) is 0 Å². The third-order valence-electron chi connectivity index (χ3n) is 3.22. The van der Waals surface area contributed by atoms with E-state index in [0.717, 1.165) is 30.6 Å². The standard InChI is InChI=1S/C13H22N2O6/c16-11(17)8-15(9-12(18)19)13(20)14-6-7-21-10-4-2-1-3-5-10/h10H,1-9H2,(H,14,20)(H,16,17)(H,18,19). The highest BCUT2D eigenvalue weighted by Crippen LogP contribution is 2.19. The molecule has 1 rings (SSSR count). The van der Waals surface area contributed by atoms with Gasteiger partial charge in [-0.15, -0.1) is 0 Å². The van der Waals surface area contributed by atoms with E-state index in [4.69, 9.17) is 14.9 Å². The predicted octanol–water partition coefficient (Wildman–Crippen LogP) is 0.516. The van der Waals surface area contributed by atoms with E-state index in [9.17, 15) is 14.4 Å². The Balaban J connectivity index is 2.25. The maximum atomic E-state index is 11.7. The summed E-state index contributed by atoms with van der Waals surface area (Å²) in [5, 5.41) is 19.8. The van der Waals surface area contributed by atoms with Crippen LogP contribution in [0.5, 0.6) is 0 Å². The minimum atomic E-state index is -1.26. The van der Waals surface area contributed by atoms with E-state index in [-0.39, 0.29) is 12.6 Å². The number of urea groups is 1. The molecule has 1 aliphatic rings. The number of aliphatic carboxylic acids is 2. The fraction of sp³-hybridized carbons (Fsp3) is 0.769. The minimum absolute atomic E-state index is 0.227. The Morgan fingerprint density at radius 3 is 2.14 bits per heavy atom. The van der Waals surface area contributed by atoms with Crippen LogP contribution in [-0.2, 0) is 14.3 Å². The second kappa shape index (κ2) is 9.17. The van der Waals surface area contributed by atoms with E-state index in [2.05, 4.69) is 5.32 Å². The molecular formula is C13H22N2O6. The fourth-order valence-corrected chi connectivity index (χ4v) is 2.25. The van der Waals surface area contributed by atoms with Crippen LogP contribution in [0.25, 0.3) is 0 Å². The monoisotopic (exact) mass is 302 g/mol. The van der Waals surface area contributed by atoms with E-state index < -0.39 is 31.1 Å². The third-order valence-corrected chi connectivity index (χ3v) is 3.22. The van der Waals surface area contributed by atoms with Crippen LogP contribution in [0, 0.1) is 0 Å². The van der Waals surface area contributed by atoms with Crippen molar-refractivity contribution < 1.29 is 29.3 Å². The molecule has 0 atom stereocenters. The van der Waals surface area contributed by atoms with Gasteiger partial charge in [0.25, 0.3) is 0 Å². The molecule has 0 bridgehead atoms. The van der Waals surface area contributed by atoms with Crippen molar-refractivity contribution in [3.05, 3.63) is 0 Å². The molecule has 8 nitrogen and oxygen atoms in total. The SMILES string of the molecule is O=C(O)CN(CC(=O)O)C(=O)NCCOC1CCCCC1. The van der Waals surface area contributed by atoms with Crippen molar-refractivity contribution in [1.82, 2.24) is 10.2 Å². The number of hydrogen-bond acceptors (Lipinski definition) is 4. The molecule has 8 heteroatoms. The summed E-state index contributed by atoms with van der Waals surface area (Å²) < 4.78 is 5.61. The molecule has 0 aromatic carbocycles. The summed E-state index contributed by atoms with van der Waals surface area (Å²) in [6, 6.07) is -0.716. The summed E-state index contributed by atoms with van der Waals surface area (Å²) >= 11 is 0. The number of carboxylic acids is 2. The van der Waals surface area contributed by atoms with Crippen LogP contribution in [0.2, 0.25) is 0 Å². The van der Waals surface area contributed by atoms with Crippen LogP contribution in [0.4, 0.5) is 4.79 Å². The van der Waals surface area contributed by atoms with Crippen LogP contribution in [0.1, 0.15) is 32.1 Å². The second-order valence-corrected chi connectivity index (χ2v) is 5.01. The Hall–Kier alpha value is -1.83. The first-order valence-corrected chi connectivity index (χ1v) is 7.07. The molecule has 0 saturated heterocycles. The molecule has 0 aromatic rings. The van der Waals surface area contributed by atoms with E-state index >= 15 is 0 Å². The smallest absolute Gasteiger partial charge is 0.323 e. The second-order valence-electron chi connectivity index (χ2n) is 5.01. The minimum Gasteiger partial charge on any atom is -0.480 e. The molecule has 0 radical (unpaired) electrons. The van der Waals surface area contributed by atoms with Crippen molar-refractivity contribution in [1.29, 1.82) is 0 Å². The number of nitrogens with zero attached hydrogens (tertiary/aromatic N) is 1. The van der Waals surface area contributed by atoms with Gasteiger partial charge in [0.1, 0.15) is 13.1 Å². The Kier molecular flexibility index (Phi) is 7.52. The highest BCUT2D eigenvalue weighted by Gasteiger charge is 2.19. The Morgan fingerprint density at radius 2 is 1.62 bits per heavy atom. The van der Waals surface area contributed by atoms with Gasteiger partial charge in [-0.05, 0) is 12.8 Å². The van der Waals surface area contributed by atoms with E-state index in [1.165, 1.54) is 6.42 Å². The molecule has 0 aromatic heterocycles. The molecular weight excluding hydrogens is 280 g/mol. The van der Waals surface area contributed by atoms with Gasteiger partial charge < -0.3 is 25.2 Å². The molecule has 1 saturated carbocycles. The first kappa shape index (κ1) is 17.2. The highest BCUT2D eigenvalue weighted by molar-refractivity contribution is 5.84. The molecule has 120 valence electrons. The lowest BCUT2D eigenvalue weighted by Crippen LogP contribution is -2.46. The summed E-state index contributed by atoms with van der Waals surface area (Å²) in [4.78, 5) is 33.6. The number of hydrogen-bond donors (Lipinski definition) is 3. The molecule has 0 aliphatic heterocycles. The average molecular weight is 302 g/mol. The Morgan fingerprint density at radius 1 is 1.05 bits per heavy atom. The number of nitrogens with one attached hydrogen (secondary N) is 1. The van der Waals surface area contributed by atoms with Crippen LogP contribution in [0.15, 0.2) is 0 Å². The zero-order valence-corrected chi connectivity index (χ0v) is 11.9. The zero-order chi connectivity index (χ0) is 15.7. The highest BCUT2D eigenvalue weighted by atomic mass is 16.5. The molecule has 21 heavy (non-hydrogen) atoms. The van der Waals surface area contributed by atoms with Gasteiger partial charge in [-0.2, -0.15) is 0 Å². The van der Waals surface area contributed by atoms with Crippen LogP contribution in [0.3, 0.4) is 0 Å². The first-order chi connectivity index (χ1) is 9.99. The normalized spacial score (nSPS) is 15.4. The quantitative estimate of drug-likeness (QED) is 0.563. The Bertz CT molecular complexity index is 352. The fourth-order valence-electron chi connectivity index (χ4n) is 2.25. The molecule has 1 fully saturated rings. The van der Waals surface area contributed by atoms with Crippen molar-refractivity contribution in [3.8, 4) is 0 Å². The summed E-state index contributed by atoms with van der Waals surface area (Å²) in [5.74, 6) is -2.52. The maximum Gasteiger partial charge on any atom is 0.323 e. The number of ether oxygens (including phenoxy) is 1. The van der Waals surface area contributed by atoms with Crippen molar-refractivity contribution in [2.75, 3.05) is 26.2 Å². The van der Waals surface area contributed by atoms with Gasteiger partial charge >= 0.3 is 18.0 Å². The number of amides is 2. The molecule has 2 amide bonds. The van der Waals surface area contributed by atoms with Gasteiger partial charge in [-0.25, -0.2) is 4.79 Å². The lowest BCUT2D eigenvalue weighted by molar-refractivity contribution is -0.140. The van der Waals surface area contributed by atoms with Gasteiger partial charge in [0, 0.05) is 6.54 Å². The third kappa shape index (κ3) is 7.50. The number of rotatable bonds is 8. The molecule has 0 unspecified atom stereocenters. The van der Waals surface area contributed by atoms with Crippen LogP contribution < -0.4 is 5.32 Å². The van der Waals surface area contributed by atoms with Crippen molar-refractivity contribution in [3.63, 3.8) is 0 Å². The summed E-state index contributed by atoms with van der Waals surface area (Å²) in [7, 11) is 0. The van der Waals surface area contributed by atoms with Gasteiger partial charge in [0.2, 0.25) is 0 Å². The number of carbonyl (C=O) groups is 3. The zero-order valence-electron chi connectivity index (χ0n) is 11.9. The van der Waals surface area contributed by atoms with Gasteiger partial charge in [-0.3, -0.25) is 9.59 Å². The summed E-state index contributed by atoms with van der Waals surface area (Å²) in [6.07, 6.45) is 5.82. The van der Waals surface area contributed by atoms with Crippen molar-refractivity contribution in [2.45, 2.75) is 38.2 Å². The van der Waals surface area contributed by atoms with Gasteiger partial charge in [0.05, 0.1) is 12.7 Å². The topological polar surface area (TPSA) is 116 Å². The first-order valence-electron chi connectivity index (χ1n) is 7.07. The van der Waals surface area contributed by atoms with Crippen LogP contribution in [-0.4, -0.2) is 65.4 Å². The lowest BCUT2D eigenvalue weighted by Gasteiger charge is -2.23. The summed E-state index contributed by atoms with van der Waals surface area (Å²) in [5.41, 5.74) is 0. The van der Waals surface area contributed by atoms with Crippen molar-refractivity contribution in [2.24, 2.45) is 0 Å². The number of carboxylic acid groups (broad SMARTS) is 2. The summed E-state index contributed by atoms with van der Waals surface area (Å²) in [6.45, 7) is -0.737. The lowest BCUT2D eigenvalue weighted by atomic mass is 9.98. The molecule has 0 spiro atoms. The van der Waals surface area contributed by atoms with Crippen LogP contribution >= 0.6 is 0 Å². The predicted molar refractivity (Wildman–Crippen MR) is 73.1 cm³/mol. The Labute approximate surface area is 123 Å². The largest absolute Gasteiger partial charge is 0.480 e. The number of carbonyl (C=O) groups excluding carboxylic acids is 1. The molecule has 0 heterocycles. The molecule has 1 aliphatic carbocycles. The van der Waals surface area contributed by atoms with E-state index in [0.29, 0.717) is 6.61 Å². The van der Waals surface area contributed by atoms with Crippen molar-refractivity contribution >= 4 is 18.0 Å². The van der Waals surface area contributed by atoms with Gasteiger partial charge in [-0.1, -0.05) is 19.3 Å². The molecule has 3 N–H and O–H groups in total. The average Bonchev–Trinajstić information content (AvgIpc) is 2.43. The maximum absolute atomic E-state index is 11.7. The van der Waals surface area contributed by atoms with E-state index in [1.807, 2.05) is 0 Å². The van der Waals surface area contributed by atoms with E-state index in [1.54, 1.807) is 0 Å².